The number of rotatable bonds is 0. The van der Waals surface area contributed by atoms with Gasteiger partial charge in [0, 0.05) is 0 Å². The Hall–Kier alpha value is -0.290. The van der Waals surface area contributed by atoms with Crippen LogP contribution in [0.1, 0.15) is 13.8 Å². The van der Waals surface area contributed by atoms with Crippen LogP contribution in [0.15, 0.2) is 0 Å². The largest absolute Gasteiger partial charge is 0.355 e. The summed E-state index contributed by atoms with van der Waals surface area (Å²) in [6.45, 7) is 3.72. The van der Waals surface area contributed by atoms with Crippen molar-refractivity contribution < 1.29 is 27.4 Å². The minimum atomic E-state index is -3.52. The molecule has 0 radical (unpaired) electrons. The lowest BCUT2D eigenvalue weighted by Crippen LogP contribution is -2.69. The van der Waals surface area contributed by atoms with E-state index in [2.05, 4.69) is 4.72 Å². The molecule has 5 atom stereocenters. The predicted octanol–water partition coefficient (Wildman–Crippen LogP) is -1.78. The zero-order valence-electron chi connectivity index (χ0n) is 10.6. The maximum atomic E-state index is 11.9. The van der Waals surface area contributed by atoms with Crippen LogP contribution in [0, 0.1) is 0 Å². The van der Waals surface area contributed by atoms with Gasteiger partial charge in [0.15, 0.2) is 17.8 Å². The van der Waals surface area contributed by atoms with Gasteiger partial charge in [-0.15, -0.1) is 0 Å². The molecule has 0 aromatic rings. The average molecular weight is 292 g/mol. The molecule has 0 unspecified atom stereocenters. The fraction of sp³-hybridized carbons (Fsp3) is 1.00. The van der Waals surface area contributed by atoms with E-state index < -0.39 is 45.6 Å². The molecule has 3 N–H and O–H groups in total. The Labute approximate surface area is 110 Å². The third-order valence-electron chi connectivity index (χ3n) is 4.23. The second-order valence-electron chi connectivity index (χ2n) is 5.98. The Morgan fingerprint density at radius 2 is 2.05 bits per heavy atom. The van der Waals surface area contributed by atoms with Gasteiger partial charge in [-0.05, 0) is 13.8 Å². The molecular formula is C10H16N2O6S. The zero-order chi connectivity index (χ0) is 13.7. The minimum Gasteiger partial charge on any atom is -0.355 e. The lowest BCUT2D eigenvalue weighted by molar-refractivity contribution is -0.209. The van der Waals surface area contributed by atoms with Crippen LogP contribution in [-0.2, 0) is 29.0 Å². The molecule has 0 bridgehead atoms. The van der Waals surface area contributed by atoms with Crippen molar-refractivity contribution in [3.8, 4) is 0 Å². The number of ether oxygens (including phenoxy) is 4. The molecule has 1 spiro atoms. The van der Waals surface area contributed by atoms with Crippen LogP contribution >= 0.6 is 0 Å². The van der Waals surface area contributed by atoms with E-state index in [9.17, 15) is 8.42 Å². The van der Waals surface area contributed by atoms with Gasteiger partial charge in [-0.3, -0.25) is 0 Å². The third kappa shape index (κ3) is 1.36. The summed E-state index contributed by atoms with van der Waals surface area (Å²) in [7, 11) is -3.52. The van der Waals surface area contributed by atoms with Gasteiger partial charge in [-0.25, -0.2) is 8.42 Å². The highest BCUT2D eigenvalue weighted by molar-refractivity contribution is 7.89. The Morgan fingerprint density at radius 1 is 1.32 bits per heavy atom. The monoisotopic (exact) mass is 292 g/mol. The normalized spacial score (nSPS) is 56.9. The lowest BCUT2D eigenvalue weighted by atomic mass is 9.82. The summed E-state index contributed by atoms with van der Waals surface area (Å²) in [5.74, 6) is -1.14. The second-order valence-corrected chi connectivity index (χ2v) is 7.70. The molecule has 4 rings (SSSR count). The molecular weight excluding hydrogens is 276 g/mol. The van der Waals surface area contributed by atoms with Gasteiger partial charge in [-0.1, -0.05) is 0 Å². The van der Waals surface area contributed by atoms with E-state index in [1.54, 1.807) is 13.8 Å². The number of hydrogen-bond donors (Lipinski definition) is 2. The molecule has 0 aromatic heterocycles. The topological polar surface area (TPSA) is 109 Å². The van der Waals surface area contributed by atoms with Crippen molar-refractivity contribution in [3.63, 3.8) is 0 Å². The first-order chi connectivity index (χ1) is 8.68. The maximum absolute atomic E-state index is 11.9. The van der Waals surface area contributed by atoms with Gasteiger partial charge < -0.3 is 24.7 Å². The molecule has 4 aliphatic heterocycles. The summed E-state index contributed by atoms with van der Waals surface area (Å²) in [4.78, 5) is 0. The fourth-order valence-corrected chi connectivity index (χ4v) is 5.46. The van der Waals surface area contributed by atoms with Crippen LogP contribution in [0.25, 0.3) is 0 Å². The van der Waals surface area contributed by atoms with Gasteiger partial charge in [0.25, 0.3) is 0 Å². The van der Waals surface area contributed by atoms with Gasteiger partial charge in [0.2, 0.25) is 10.0 Å². The minimum absolute atomic E-state index is 0.221. The molecule has 0 amide bonds. The number of nitrogens with two attached hydrogens (primary N) is 1. The van der Waals surface area contributed by atoms with Gasteiger partial charge in [0.05, 0.1) is 6.61 Å². The third-order valence-corrected chi connectivity index (χ3v) is 5.69. The summed E-state index contributed by atoms with van der Waals surface area (Å²) in [6, 6.07) is 0. The SMILES string of the molecule is CC1(C)O[C@H]2O[C@@H]3CO[C@@]4(N)CS(=O)(=O)N[C@@]34[C@H]2O1. The van der Waals surface area contributed by atoms with Crippen LogP contribution in [0.4, 0.5) is 0 Å². The fourth-order valence-electron chi connectivity index (χ4n) is 3.56. The lowest BCUT2D eigenvalue weighted by Gasteiger charge is -2.36. The summed E-state index contributed by atoms with van der Waals surface area (Å²) in [5.41, 5.74) is 3.73. The maximum Gasteiger partial charge on any atom is 0.216 e. The van der Waals surface area contributed by atoms with Crippen LogP contribution in [-0.4, -0.2) is 56.3 Å². The van der Waals surface area contributed by atoms with Crippen LogP contribution < -0.4 is 10.5 Å². The standard InChI is InChI=1S/C10H16N2O6S/c1-8(2)17-6-7(18-8)16-5-3-15-9(11)4-19(13,14)12-10(5,6)9/h5-7,12H,3-4,11H2,1-2H3/t5-,6+,7-,9+,10-/m1/s1. The number of fused-ring (bicyclic) bond motifs is 1. The number of hydrogen-bond acceptors (Lipinski definition) is 7. The van der Waals surface area contributed by atoms with Crippen molar-refractivity contribution in [2.75, 3.05) is 12.4 Å². The molecule has 4 fully saturated rings. The molecule has 4 saturated heterocycles. The summed E-state index contributed by atoms with van der Waals surface area (Å²) < 4.78 is 49.1. The van der Waals surface area contributed by atoms with Crippen molar-refractivity contribution in [2.45, 2.75) is 49.4 Å². The summed E-state index contributed by atoms with van der Waals surface area (Å²) >= 11 is 0. The van der Waals surface area contributed by atoms with E-state index in [0.717, 1.165) is 0 Å². The van der Waals surface area contributed by atoms with E-state index in [1.807, 2.05) is 0 Å². The molecule has 108 valence electrons. The van der Waals surface area contributed by atoms with Crippen LogP contribution in [0.2, 0.25) is 0 Å². The molecule has 0 aromatic carbocycles. The summed E-state index contributed by atoms with van der Waals surface area (Å²) in [6.07, 6.45) is -1.74. The van der Waals surface area contributed by atoms with Crippen molar-refractivity contribution in [3.05, 3.63) is 0 Å². The first kappa shape index (κ1) is 12.5. The predicted molar refractivity (Wildman–Crippen MR) is 61.2 cm³/mol. The van der Waals surface area contributed by atoms with Crippen LogP contribution in [0.3, 0.4) is 0 Å². The van der Waals surface area contributed by atoms with E-state index in [4.69, 9.17) is 24.7 Å². The van der Waals surface area contributed by atoms with E-state index in [1.165, 1.54) is 0 Å². The Kier molecular flexibility index (Phi) is 2.05. The Balaban J connectivity index is 1.83. The van der Waals surface area contributed by atoms with E-state index in [-0.39, 0.29) is 12.4 Å². The van der Waals surface area contributed by atoms with Crippen molar-refractivity contribution in [1.82, 2.24) is 4.72 Å². The highest BCUT2D eigenvalue weighted by atomic mass is 32.2. The first-order valence-corrected chi connectivity index (χ1v) is 7.78. The molecule has 8 nitrogen and oxygen atoms in total. The second kappa shape index (κ2) is 3.14. The van der Waals surface area contributed by atoms with Crippen LogP contribution in [0.5, 0.6) is 0 Å². The smallest absolute Gasteiger partial charge is 0.216 e. The highest BCUT2D eigenvalue weighted by Crippen LogP contribution is 2.53. The average Bonchev–Trinajstić information content (AvgIpc) is 2.80. The van der Waals surface area contributed by atoms with Crippen molar-refractivity contribution >= 4 is 10.0 Å². The van der Waals surface area contributed by atoms with E-state index >= 15 is 0 Å². The molecule has 19 heavy (non-hydrogen) atoms. The molecule has 4 aliphatic rings. The highest BCUT2D eigenvalue weighted by Gasteiger charge is 2.79. The Morgan fingerprint density at radius 3 is 2.79 bits per heavy atom. The molecule has 0 aliphatic carbocycles. The van der Waals surface area contributed by atoms with Crippen molar-refractivity contribution in [2.24, 2.45) is 5.73 Å². The number of sulfonamides is 1. The molecule has 0 saturated carbocycles. The first-order valence-electron chi connectivity index (χ1n) is 6.13. The van der Waals surface area contributed by atoms with Gasteiger partial charge >= 0.3 is 0 Å². The quantitative estimate of drug-likeness (QED) is 0.543. The summed E-state index contributed by atoms with van der Waals surface area (Å²) in [5, 5.41) is 0. The van der Waals surface area contributed by atoms with Gasteiger partial charge in [-0.2, -0.15) is 4.72 Å². The van der Waals surface area contributed by atoms with Crippen molar-refractivity contribution in [1.29, 1.82) is 0 Å². The van der Waals surface area contributed by atoms with E-state index in [0.29, 0.717) is 0 Å². The zero-order valence-corrected chi connectivity index (χ0v) is 11.4. The van der Waals surface area contributed by atoms with Gasteiger partial charge in [0.1, 0.15) is 23.5 Å². The molecule has 9 heteroatoms. The number of nitrogens with one attached hydrogen (secondary N) is 1. The Bertz CT molecular complexity index is 550. The molecule has 4 heterocycles.